The van der Waals surface area contributed by atoms with E-state index in [-0.39, 0.29) is 17.2 Å². The highest BCUT2D eigenvalue weighted by Crippen LogP contribution is 2.43. The van der Waals surface area contributed by atoms with Gasteiger partial charge in [-0.15, -0.1) is 0 Å². The maximum absolute atomic E-state index is 12.6. The molecule has 1 amide bonds. The Balaban J connectivity index is 1.87. The Labute approximate surface area is 124 Å². The summed E-state index contributed by atoms with van der Waals surface area (Å²) in [6.07, 6.45) is 2.77. The molecule has 2 aliphatic rings. The fraction of sp³-hybridized carbons (Fsp3) is 0.529. The molecule has 4 heteroatoms. The summed E-state index contributed by atoms with van der Waals surface area (Å²) in [4.78, 5) is 23.8. The molecule has 0 saturated heterocycles. The van der Waals surface area contributed by atoms with Gasteiger partial charge >= 0.3 is 5.97 Å². The van der Waals surface area contributed by atoms with Gasteiger partial charge in [0.25, 0.3) is 0 Å². The first kappa shape index (κ1) is 14.1. The third kappa shape index (κ3) is 2.33. The van der Waals surface area contributed by atoms with Gasteiger partial charge in [0.15, 0.2) is 0 Å². The van der Waals surface area contributed by atoms with Gasteiger partial charge in [-0.2, -0.15) is 0 Å². The fourth-order valence-corrected chi connectivity index (χ4v) is 3.33. The quantitative estimate of drug-likeness (QED) is 0.898. The molecule has 0 heterocycles. The highest BCUT2D eigenvalue weighted by molar-refractivity contribution is 5.92. The average molecular weight is 287 g/mol. The lowest BCUT2D eigenvalue weighted by Crippen LogP contribution is -2.46. The monoisotopic (exact) mass is 287 g/mol. The normalized spacial score (nSPS) is 24.8. The van der Waals surface area contributed by atoms with Gasteiger partial charge in [-0.05, 0) is 42.2 Å². The van der Waals surface area contributed by atoms with E-state index in [1.165, 1.54) is 5.56 Å². The van der Waals surface area contributed by atoms with Gasteiger partial charge < -0.3 is 10.4 Å². The van der Waals surface area contributed by atoms with Crippen LogP contribution >= 0.6 is 0 Å². The summed E-state index contributed by atoms with van der Waals surface area (Å²) in [7, 11) is 0. The van der Waals surface area contributed by atoms with Crippen molar-refractivity contribution in [2.75, 3.05) is 0 Å². The molecule has 1 unspecified atom stereocenters. The largest absolute Gasteiger partial charge is 0.480 e. The summed E-state index contributed by atoms with van der Waals surface area (Å²) in [5.74, 6) is -1.29. The Morgan fingerprint density at radius 2 is 1.86 bits per heavy atom. The molecule has 21 heavy (non-hydrogen) atoms. The number of nitrogens with one attached hydrogen (secondary N) is 1. The summed E-state index contributed by atoms with van der Waals surface area (Å²) in [6.45, 7) is 4.39. The zero-order valence-electron chi connectivity index (χ0n) is 12.5. The van der Waals surface area contributed by atoms with E-state index in [0.717, 1.165) is 18.4 Å². The number of fused-ring (bicyclic) bond motifs is 1. The van der Waals surface area contributed by atoms with Crippen molar-refractivity contribution in [3.63, 3.8) is 0 Å². The molecular formula is C17H21NO3. The standard InChI is InChI=1S/C17H21NO3/c1-16(2)8-7-12(11-5-3-4-6-13(11)16)14(19)18-17(9-10-17)15(20)21/h3-6,12H,7-10H2,1-2H3,(H,18,19)(H,20,21). The second-order valence-corrected chi connectivity index (χ2v) is 6.94. The summed E-state index contributed by atoms with van der Waals surface area (Å²) in [5.41, 5.74) is 1.32. The minimum absolute atomic E-state index is 0.0669. The molecule has 1 aromatic carbocycles. The summed E-state index contributed by atoms with van der Waals surface area (Å²) >= 11 is 0. The van der Waals surface area contributed by atoms with Gasteiger partial charge in [-0.25, -0.2) is 4.79 Å². The number of amides is 1. The molecule has 1 aromatic rings. The first-order chi connectivity index (χ1) is 9.86. The minimum Gasteiger partial charge on any atom is -0.480 e. The Hall–Kier alpha value is -1.84. The molecule has 0 spiro atoms. The zero-order valence-corrected chi connectivity index (χ0v) is 12.5. The van der Waals surface area contributed by atoms with Gasteiger partial charge in [0.1, 0.15) is 5.54 Å². The van der Waals surface area contributed by atoms with E-state index in [1.54, 1.807) is 0 Å². The number of benzene rings is 1. The molecular weight excluding hydrogens is 266 g/mol. The first-order valence-corrected chi connectivity index (χ1v) is 7.51. The number of carbonyl (C=O) groups is 2. The van der Waals surface area contributed by atoms with Crippen LogP contribution in [0.3, 0.4) is 0 Å². The zero-order chi connectivity index (χ0) is 15.3. The molecule has 0 aliphatic heterocycles. The van der Waals surface area contributed by atoms with Crippen LogP contribution in [0.4, 0.5) is 0 Å². The lowest BCUT2D eigenvalue weighted by atomic mass is 9.68. The van der Waals surface area contributed by atoms with Crippen molar-refractivity contribution in [2.24, 2.45) is 0 Å². The molecule has 3 rings (SSSR count). The van der Waals surface area contributed by atoms with Gasteiger partial charge in [0.2, 0.25) is 5.91 Å². The van der Waals surface area contributed by atoms with Gasteiger partial charge in [0, 0.05) is 0 Å². The van der Waals surface area contributed by atoms with Gasteiger partial charge in [0.05, 0.1) is 5.92 Å². The van der Waals surface area contributed by atoms with Crippen LogP contribution in [-0.4, -0.2) is 22.5 Å². The van der Waals surface area contributed by atoms with Crippen LogP contribution in [0.15, 0.2) is 24.3 Å². The van der Waals surface area contributed by atoms with Crippen molar-refractivity contribution in [1.29, 1.82) is 0 Å². The van der Waals surface area contributed by atoms with Crippen molar-refractivity contribution in [2.45, 2.75) is 56.4 Å². The molecule has 0 bridgehead atoms. The molecule has 1 atom stereocenters. The number of hydrogen-bond donors (Lipinski definition) is 2. The number of hydrogen-bond acceptors (Lipinski definition) is 2. The Morgan fingerprint density at radius 3 is 2.48 bits per heavy atom. The predicted octanol–water partition coefficient (Wildman–Crippen LogP) is 2.58. The summed E-state index contributed by atoms with van der Waals surface area (Å²) in [5, 5.41) is 12.0. The SMILES string of the molecule is CC1(C)CCC(C(=O)NC2(C(=O)O)CC2)c2ccccc21. The molecule has 112 valence electrons. The third-order valence-corrected chi connectivity index (χ3v) is 4.96. The van der Waals surface area contributed by atoms with E-state index in [9.17, 15) is 14.7 Å². The number of rotatable bonds is 3. The number of carboxylic acids is 1. The van der Waals surface area contributed by atoms with Crippen molar-refractivity contribution >= 4 is 11.9 Å². The van der Waals surface area contributed by atoms with Gasteiger partial charge in [-0.3, -0.25) is 4.79 Å². The predicted molar refractivity (Wildman–Crippen MR) is 79.2 cm³/mol. The Morgan fingerprint density at radius 1 is 1.19 bits per heavy atom. The molecule has 0 aromatic heterocycles. The van der Waals surface area contributed by atoms with Crippen molar-refractivity contribution in [1.82, 2.24) is 5.32 Å². The lowest BCUT2D eigenvalue weighted by molar-refractivity contribution is -0.143. The summed E-state index contributed by atoms with van der Waals surface area (Å²) in [6, 6.07) is 8.03. The topological polar surface area (TPSA) is 66.4 Å². The van der Waals surface area contributed by atoms with E-state index in [4.69, 9.17) is 0 Å². The van der Waals surface area contributed by atoms with Crippen LogP contribution in [0.2, 0.25) is 0 Å². The molecule has 0 radical (unpaired) electrons. The van der Waals surface area contributed by atoms with Crippen LogP contribution in [0.25, 0.3) is 0 Å². The first-order valence-electron chi connectivity index (χ1n) is 7.51. The van der Waals surface area contributed by atoms with Crippen molar-refractivity contribution < 1.29 is 14.7 Å². The molecule has 1 fully saturated rings. The van der Waals surface area contributed by atoms with E-state index >= 15 is 0 Å². The maximum Gasteiger partial charge on any atom is 0.329 e. The van der Waals surface area contributed by atoms with Crippen LogP contribution in [0.1, 0.15) is 56.6 Å². The van der Waals surface area contributed by atoms with Crippen LogP contribution in [-0.2, 0) is 15.0 Å². The second-order valence-electron chi connectivity index (χ2n) is 6.94. The molecule has 2 aliphatic carbocycles. The van der Waals surface area contributed by atoms with Crippen LogP contribution in [0, 0.1) is 0 Å². The molecule has 4 nitrogen and oxygen atoms in total. The fourth-order valence-electron chi connectivity index (χ4n) is 3.33. The van der Waals surface area contributed by atoms with Crippen molar-refractivity contribution in [3.05, 3.63) is 35.4 Å². The second kappa shape index (κ2) is 4.58. The molecule has 2 N–H and O–H groups in total. The number of aliphatic carboxylic acids is 1. The number of carboxylic acid groups (broad SMARTS) is 1. The van der Waals surface area contributed by atoms with Crippen LogP contribution in [0.5, 0.6) is 0 Å². The highest BCUT2D eigenvalue weighted by Gasteiger charge is 2.52. The van der Waals surface area contributed by atoms with E-state index in [1.807, 2.05) is 18.2 Å². The van der Waals surface area contributed by atoms with E-state index in [0.29, 0.717) is 12.8 Å². The van der Waals surface area contributed by atoms with Gasteiger partial charge in [-0.1, -0.05) is 38.1 Å². The average Bonchev–Trinajstić information content (AvgIpc) is 3.20. The highest BCUT2D eigenvalue weighted by atomic mass is 16.4. The van der Waals surface area contributed by atoms with Crippen molar-refractivity contribution in [3.8, 4) is 0 Å². The van der Waals surface area contributed by atoms with E-state index in [2.05, 4.69) is 25.2 Å². The third-order valence-electron chi connectivity index (χ3n) is 4.96. The Bertz CT molecular complexity index is 602. The van der Waals surface area contributed by atoms with Crippen LogP contribution < -0.4 is 5.32 Å². The van der Waals surface area contributed by atoms with E-state index < -0.39 is 11.5 Å². The number of carbonyl (C=O) groups excluding carboxylic acids is 1. The smallest absolute Gasteiger partial charge is 0.329 e. The lowest BCUT2D eigenvalue weighted by Gasteiger charge is -2.36. The summed E-state index contributed by atoms with van der Waals surface area (Å²) < 4.78 is 0. The molecule has 1 saturated carbocycles. The minimum atomic E-state index is -1.00. The Kier molecular flexibility index (Phi) is 3.08. The maximum atomic E-state index is 12.6.